The number of hydrogen-bond acceptors (Lipinski definition) is 2. The first-order chi connectivity index (χ1) is 11.3. The van der Waals surface area contributed by atoms with Crippen molar-refractivity contribution < 1.29 is 4.79 Å². The number of nitrogens with zero attached hydrogens (tertiary/aromatic N) is 1. The second kappa shape index (κ2) is 7.47. The van der Waals surface area contributed by atoms with Gasteiger partial charge in [0, 0.05) is 17.4 Å². The lowest BCUT2D eigenvalue weighted by atomic mass is 9.92. The van der Waals surface area contributed by atoms with Gasteiger partial charge in [0.05, 0.1) is 0 Å². The molecule has 0 unspecified atom stereocenters. The van der Waals surface area contributed by atoms with Gasteiger partial charge in [-0.15, -0.1) is 0 Å². The Kier molecular flexibility index (Phi) is 5.60. The molecule has 0 saturated carbocycles. The minimum Gasteiger partial charge on any atom is -0.324 e. The highest BCUT2D eigenvalue weighted by Gasteiger charge is 2.16. The molecule has 1 aromatic heterocycles. The van der Waals surface area contributed by atoms with Crippen molar-refractivity contribution in [3.8, 4) is 0 Å². The lowest BCUT2D eigenvalue weighted by molar-refractivity contribution is -0.116. The van der Waals surface area contributed by atoms with Gasteiger partial charge in [-0.25, -0.2) is 0 Å². The van der Waals surface area contributed by atoms with E-state index in [1.807, 2.05) is 18.2 Å². The molecule has 0 spiro atoms. The summed E-state index contributed by atoms with van der Waals surface area (Å²) in [6, 6.07) is 9.66. The van der Waals surface area contributed by atoms with Crippen LogP contribution in [0.25, 0.3) is 0 Å². The van der Waals surface area contributed by atoms with Crippen LogP contribution in [0.2, 0.25) is 0 Å². The summed E-state index contributed by atoms with van der Waals surface area (Å²) in [5.41, 5.74) is 3.62. The molecule has 2 rings (SSSR count). The Hall–Kier alpha value is -2.36. The van der Waals surface area contributed by atoms with Crippen LogP contribution in [0, 0.1) is 6.92 Å². The number of anilines is 1. The van der Waals surface area contributed by atoms with Crippen molar-refractivity contribution in [1.82, 2.24) is 4.57 Å². The Bertz CT molecular complexity index is 762. The van der Waals surface area contributed by atoms with Gasteiger partial charge in [0.1, 0.15) is 6.54 Å². The summed E-state index contributed by atoms with van der Waals surface area (Å²) >= 11 is 0. The van der Waals surface area contributed by atoms with Crippen molar-refractivity contribution in [2.45, 2.75) is 53.0 Å². The van der Waals surface area contributed by atoms with Crippen LogP contribution in [-0.2, 0) is 11.3 Å². The highest BCUT2D eigenvalue weighted by Crippen LogP contribution is 2.32. The SMILES string of the molecule is Cc1cccn(CC(=O)Nc2c(C(C)C)cccc2C(C)C)c1=O. The number of pyridine rings is 1. The van der Waals surface area contributed by atoms with E-state index in [1.54, 1.807) is 25.3 Å². The number of carbonyl (C=O) groups excluding carboxylic acids is 1. The van der Waals surface area contributed by atoms with Gasteiger partial charge in [-0.3, -0.25) is 9.59 Å². The van der Waals surface area contributed by atoms with Crippen molar-refractivity contribution >= 4 is 11.6 Å². The number of nitrogens with one attached hydrogen (secondary N) is 1. The normalized spacial score (nSPS) is 11.1. The van der Waals surface area contributed by atoms with Crippen LogP contribution in [0.3, 0.4) is 0 Å². The monoisotopic (exact) mass is 326 g/mol. The van der Waals surface area contributed by atoms with Crippen LogP contribution < -0.4 is 10.9 Å². The van der Waals surface area contributed by atoms with E-state index in [-0.39, 0.29) is 18.0 Å². The zero-order valence-electron chi connectivity index (χ0n) is 15.1. The first kappa shape index (κ1) is 18.0. The molecule has 128 valence electrons. The van der Waals surface area contributed by atoms with Gasteiger partial charge in [0.25, 0.3) is 5.56 Å². The van der Waals surface area contributed by atoms with E-state index in [0.717, 1.165) is 16.8 Å². The molecule has 0 bridgehead atoms. The molecule has 4 heteroatoms. The van der Waals surface area contributed by atoms with Crippen LogP contribution in [-0.4, -0.2) is 10.5 Å². The molecule has 0 atom stereocenters. The lowest BCUT2D eigenvalue weighted by Crippen LogP contribution is -2.28. The van der Waals surface area contributed by atoms with Gasteiger partial charge in [-0.05, 0) is 36.0 Å². The smallest absolute Gasteiger partial charge is 0.253 e. The molecular formula is C20H26N2O2. The molecule has 0 aliphatic carbocycles. The summed E-state index contributed by atoms with van der Waals surface area (Å²) in [5.74, 6) is 0.430. The third-order valence-electron chi connectivity index (χ3n) is 4.16. The van der Waals surface area contributed by atoms with Crippen LogP contribution in [0.4, 0.5) is 5.69 Å². The van der Waals surface area contributed by atoms with Crippen molar-refractivity contribution in [3.05, 3.63) is 63.6 Å². The Balaban J connectivity index is 2.31. The summed E-state index contributed by atoms with van der Waals surface area (Å²) in [6.45, 7) is 10.2. The number of amides is 1. The zero-order valence-corrected chi connectivity index (χ0v) is 15.1. The molecule has 1 aromatic carbocycles. The quantitative estimate of drug-likeness (QED) is 0.901. The molecule has 0 fully saturated rings. The molecule has 0 aliphatic heterocycles. The molecular weight excluding hydrogens is 300 g/mol. The van der Waals surface area contributed by atoms with Crippen molar-refractivity contribution in [2.24, 2.45) is 0 Å². The zero-order chi connectivity index (χ0) is 17.9. The minimum atomic E-state index is -0.183. The summed E-state index contributed by atoms with van der Waals surface area (Å²) in [7, 11) is 0. The second-order valence-corrected chi connectivity index (χ2v) is 6.79. The fourth-order valence-electron chi connectivity index (χ4n) is 2.81. The Labute approximate surface area is 143 Å². The molecule has 1 amide bonds. The summed E-state index contributed by atoms with van der Waals surface area (Å²) < 4.78 is 1.44. The van der Waals surface area contributed by atoms with Crippen LogP contribution in [0.15, 0.2) is 41.3 Å². The average Bonchev–Trinajstić information content (AvgIpc) is 2.51. The predicted octanol–water partition coefficient (Wildman–Crippen LogP) is 4.04. The third kappa shape index (κ3) is 3.94. The minimum absolute atomic E-state index is 0.0183. The van der Waals surface area contributed by atoms with Gasteiger partial charge >= 0.3 is 0 Å². The van der Waals surface area contributed by atoms with Gasteiger partial charge in [-0.2, -0.15) is 0 Å². The number of rotatable bonds is 5. The average molecular weight is 326 g/mol. The van der Waals surface area contributed by atoms with Crippen molar-refractivity contribution in [1.29, 1.82) is 0 Å². The van der Waals surface area contributed by atoms with Crippen LogP contribution in [0.1, 0.15) is 56.2 Å². The molecule has 2 aromatic rings. The first-order valence-electron chi connectivity index (χ1n) is 8.40. The third-order valence-corrected chi connectivity index (χ3v) is 4.16. The Morgan fingerprint density at radius 3 is 2.17 bits per heavy atom. The molecule has 0 aliphatic rings. The fraction of sp³-hybridized carbons (Fsp3) is 0.400. The lowest BCUT2D eigenvalue weighted by Gasteiger charge is -2.20. The largest absolute Gasteiger partial charge is 0.324 e. The van der Waals surface area contributed by atoms with Gasteiger partial charge < -0.3 is 9.88 Å². The molecule has 4 nitrogen and oxygen atoms in total. The number of carbonyl (C=O) groups is 1. The van der Waals surface area contributed by atoms with E-state index in [1.165, 1.54) is 4.57 Å². The molecule has 1 N–H and O–H groups in total. The maximum atomic E-state index is 12.5. The highest BCUT2D eigenvalue weighted by atomic mass is 16.2. The fourth-order valence-corrected chi connectivity index (χ4v) is 2.81. The summed E-state index contributed by atoms with van der Waals surface area (Å²) in [5, 5.41) is 3.04. The highest BCUT2D eigenvalue weighted by molar-refractivity contribution is 5.92. The first-order valence-corrected chi connectivity index (χ1v) is 8.40. The van der Waals surface area contributed by atoms with Crippen molar-refractivity contribution in [2.75, 3.05) is 5.32 Å². The standard InChI is InChI=1S/C20H26N2O2/c1-13(2)16-9-6-10-17(14(3)4)19(16)21-18(23)12-22-11-7-8-15(5)20(22)24/h6-11,13-14H,12H2,1-5H3,(H,21,23). The van der Waals surface area contributed by atoms with E-state index in [0.29, 0.717) is 17.4 Å². The second-order valence-electron chi connectivity index (χ2n) is 6.79. The number of benzene rings is 1. The van der Waals surface area contributed by atoms with E-state index in [4.69, 9.17) is 0 Å². The maximum absolute atomic E-state index is 12.5. The van der Waals surface area contributed by atoms with Gasteiger partial charge in [0.15, 0.2) is 0 Å². The van der Waals surface area contributed by atoms with Crippen molar-refractivity contribution in [3.63, 3.8) is 0 Å². The van der Waals surface area contributed by atoms with Crippen LogP contribution in [0.5, 0.6) is 0 Å². The number of para-hydroxylation sites is 1. The summed E-state index contributed by atoms with van der Waals surface area (Å²) in [6.07, 6.45) is 1.65. The molecule has 1 heterocycles. The van der Waals surface area contributed by atoms with E-state index < -0.39 is 0 Å². The van der Waals surface area contributed by atoms with E-state index in [9.17, 15) is 9.59 Å². The topological polar surface area (TPSA) is 51.1 Å². The number of aryl methyl sites for hydroxylation is 1. The van der Waals surface area contributed by atoms with E-state index >= 15 is 0 Å². The molecule has 0 saturated heterocycles. The van der Waals surface area contributed by atoms with Crippen LogP contribution >= 0.6 is 0 Å². The Morgan fingerprint density at radius 1 is 1.04 bits per heavy atom. The van der Waals surface area contributed by atoms with Gasteiger partial charge in [0.2, 0.25) is 5.91 Å². The molecule has 0 radical (unpaired) electrons. The Morgan fingerprint density at radius 2 is 1.62 bits per heavy atom. The van der Waals surface area contributed by atoms with Gasteiger partial charge in [-0.1, -0.05) is 52.0 Å². The van der Waals surface area contributed by atoms with E-state index in [2.05, 4.69) is 33.0 Å². The predicted molar refractivity (Wildman–Crippen MR) is 98.7 cm³/mol. The summed E-state index contributed by atoms with van der Waals surface area (Å²) in [4.78, 5) is 24.6. The number of hydrogen-bond donors (Lipinski definition) is 1. The maximum Gasteiger partial charge on any atom is 0.253 e. The number of aromatic nitrogens is 1. The molecule has 24 heavy (non-hydrogen) atoms.